The van der Waals surface area contributed by atoms with Crippen molar-refractivity contribution in [2.24, 2.45) is 5.41 Å². The number of likely N-dealkylation sites (tertiary alicyclic amines) is 1. The minimum Gasteiger partial charge on any atom is -0.343 e. The Hall–Kier alpha value is -1.42. The molecule has 3 aliphatic rings. The van der Waals surface area contributed by atoms with Crippen LogP contribution in [0.2, 0.25) is 0 Å². The van der Waals surface area contributed by atoms with Gasteiger partial charge in [-0.25, -0.2) is 0 Å². The molecule has 2 aliphatic heterocycles. The van der Waals surface area contributed by atoms with Gasteiger partial charge in [0.2, 0.25) is 5.91 Å². The summed E-state index contributed by atoms with van der Waals surface area (Å²) in [5, 5.41) is 3.44. The molecule has 0 aromatic heterocycles. The zero-order chi connectivity index (χ0) is 16.3. The van der Waals surface area contributed by atoms with Gasteiger partial charge in [0.15, 0.2) is 5.78 Å². The van der Waals surface area contributed by atoms with Gasteiger partial charge in [0.05, 0.1) is 0 Å². The number of piperidine rings is 2. The fraction of sp³-hybridized carbons (Fsp3) is 0.684. The maximum absolute atomic E-state index is 12.5. The van der Waals surface area contributed by atoms with Crippen molar-refractivity contribution in [3.05, 3.63) is 23.3 Å². The zero-order valence-electron chi connectivity index (χ0n) is 14.2. The molecule has 0 atom stereocenters. The molecule has 3 rings (SSSR count). The van der Waals surface area contributed by atoms with E-state index in [1.165, 1.54) is 12.8 Å². The molecule has 4 heteroatoms. The van der Waals surface area contributed by atoms with E-state index in [1.54, 1.807) is 0 Å². The Morgan fingerprint density at radius 1 is 1.22 bits per heavy atom. The van der Waals surface area contributed by atoms with Gasteiger partial charge in [-0.1, -0.05) is 12.2 Å². The maximum Gasteiger partial charge on any atom is 0.222 e. The van der Waals surface area contributed by atoms with E-state index >= 15 is 0 Å². The van der Waals surface area contributed by atoms with Crippen LogP contribution in [0.15, 0.2) is 23.3 Å². The van der Waals surface area contributed by atoms with Crippen LogP contribution in [0, 0.1) is 5.41 Å². The first kappa shape index (κ1) is 16.4. The summed E-state index contributed by atoms with van der Waals surface area (Å²) in [6, 6.07) is 0. The summed E-state index contributed by atoms with van der Waals surface area (Å²) in [6.45, 7) is 5.95. The van der Waals surface area contributed by atoms with Crippen molar-refractivity contribution in [2.45, 2.75) is 51.9 Å². The van der Waals surface area contributed by atoms with Crippen molar-refractivity contribution in [1.29, 1.82) is 0 Å². The van der Waals surface area contributed by atoms with Crippen molar-refractivity contribution < 1.29 is 9.59 Å². The molecule has 4 nitrogen and oxygen atoms in total. The van der Waals surface area contributed by atoms with Crippen molar-refractivity contribution in [3.63, 3.8) is 0 Å². The number of nitrogens with zero attached hydrogens (tertiary/aromatic N) is 1. The first-order valence-electron chi connectivity index (χ1n) is 8.98. The highest BCUT2D eigenvalue weighted by Gasteiger charge is 2.36. The summed E-state index contributed by atoms with van der Waals surface area (Å²) >= 11 is 0. The number of nitrogens with one attached hydrogen (secondary N) is 1. The van der Waals surface area contributed by atoms with Crippen LogP contribution in [0.4, 0.5) is 0 Å². The van der Waals surface area contributed by atoms with Gasteiger partial charge in [-0.2, -0.15) is 0 Å². The Labute approximate surface area is 139 Å². The number of hydrogen-bond donors (Lipinski definition) is 1. The molecule has 2 fully saturated rings. The molecule has 0 aromatic carbocycles. The number of hydrogen-bond acceptors (Lipinski definition) is 3. The van der Waals surface area contributed by atoms with Crippen LogP contribution in [-0.2, 0) is 9.59 Å². The summed E-state index contributed by atoms with van der Waals surface area (Å²) in [5.74, 6) is 0.446. The summed E-state index contributed by atoms with van der Waals surface area (Å²) in [4.78, 5) is 26.2. The predicted molar refractivity (Wildman–Crippen MR) is 91.0 cm³/mol. The van der Waals surface area contributed by atoms with Gasteiger partial charge in [-0.05, 0) is 68.7 Å². The van der Waals surface area contributed by atoms with Crippen LogP contribution in [0.3, 0.4) is 0 Å². The van der Waals surface area contributed by atoms with Gasteiger partial charge < -0.3 is 10.2 Å². The van der Waals surface area contributed by atoms with E-state index in [0.29, 0.717) is 24.7 Å². The third-order valence-electron chi connectivity index (χ3n) is 5.97. The van der Waals surface area contributed by atoms with Crippen LogP contribution in [-0.4, -0.2) is 42.8 Å². The summed E-state index contributed by atoms with van der Waals surface area (Å²) in [6.07, 6.45) is 10.5. The van der Waals surface area contributed by atoms with Crippen molar-refractivity contribution in [3.8, 4) is 0 Å². The van der Waals surface area contributed by atoms with E-state index in [1.807, 2.05) is 24.0 Å². The Morgan fingerprint density at radius 2 is 1.91 bits per heavy atom. The molecule has 0 radical (unpaired) electrons. The van der Waals surface area contributed by atoms with E-state index in [0.717, 1.165) is 50.2 Å². The molecule has 1 aliphatic carbocycles. The molecule has 1 spiro atoms. The molecule has 23 heavy (non-hydrogen) atoms. The predicted octanol–water partition coefficient (Wildman–Crippen LogP) is 2.60. The Kier molecular flexibility index (Phi) is 5.00. The molecule has 126 valence electrons. The lowest BCUT2D eigenvalue weighted by molar-refractivity contribution is -0.133. The molecule has 0 saturated carbocycles. The number of allylic oxidation sites excluding steroid dienone is 4. The van der Waals surface area contributed by atoms with Crippen LogP contribution in [0.1, 0.15) is 51.9 Å². The monoisotopic (exact) mass is 316 g/mol. The standard InChI is InChI=1S/C19H28N2O2/c1-15-16(3-2-4-17(15)22)5-6-18(23)21-13-9-19(10-14-21)7-11-20-12-8-19/h2-3,20H,4-14H2,1H3. The molecular weight excluding hydrogens is 288 g/mol. The van der Waals surface area contributed by atoms with Gasteiger partial charge in [-0.3, -0.25) is 9.59 Å². The SMILES string of the molecule is CC1=C(CCC(=O)N2CCC3(CCNCC3)CC2)C=CCC1=O. The second-order valence-corrected chi connectivity index (χ2v) is 7.31. The summed E-state index contributed by atoms with van der Waals surface area (Å²) < 4.78 is 0. The molecule has 0 unspecified atom stereocenters. The minimum absolute atomic E-state index is 0.195. The fourth-order valence-electron chi connectivity index (χ4n) is 4.12. The quantitative estimate of drug-likeness (QED) is 0.871. The number of amides is 1. The van der Waals surface area contributed by atoms with Crippen molar-refractivity contribution >= 4 is 11.7 Å². The van der Waals surface area contributed by atoms with Crippen LogP contribution in [0.5, 0.6) is 0 Å². The smallest absolute Gasteiger partial charge is 0.222 e. The lowest BCUT2D eigenvalue weighted by atomic mass is 9.71. The number of ketones is 1. The number of carbonyl (C=O) groups excluding carboxylic acids is 2. The molecule has 0 bridgehead atoms. The zero-order valence-corrected chi connectivity index (χ0v) is 14.2. The largest absolute Gasteiger partial charge is 0.343 e. The second-order valence-electron chi connectivity index (χ2n) is 7.31. The lowest BCUT2D eigenvalue weighted by Gasteiger charge is -2.44. The van der Waals surface area contributed by atoms with Gasteiger partial charge in [0.1, 0.15) is 0 Å². The first-order chi connectivity index (χ1) is 11.1. The van der Waals surface area contributed by atoms with Gasteiger partial charge in [-0.15, -0.1) is 0 Å². The van der Waals surface area contributed by atoms with Crippen molar-refractivity contribution in [2.75, 3.05) is 26.2 Å². The third-order valence-corrected chi connectivity index (χ3v) is 5.97. The van der Waals surface area contributed by atoms with E-state index in [-0.39, 0.29) is 11.7 Å². The molecule has 0 aromatic rings. The average molecular weight is 316 g/mol. The number of Topliss-reactive ketones (excluding diaryl/α,β-unsaturated/α-hetero) is 1. The maximum atomic E-state index is 12.5. The highest BCUT2D eigenvalue weighted by Crippen LogP contribution is 2.39. The van der Waals surface area contributed by atoms with Crippen LogP contribution in [0.25, 0.3) is 0 Å². The van der Waals surface area contributed by atoms with E-state index in [4.69, 9.17) is 0 Å². The normalized spacial score (nSPS) is 24.4. The molecule has 2 heterocycles. The van der Waals surface area contributed by atoms with E-state index in [2.05, 4.69) is 5.32 Å². The molecule has 1 amide bonds. The lowest BCUT2D eigenvalue weighted by Crippen LogP contribution is -2.47. The molecule has 1 N–H and O–H groups in total. The van der Waals surface area contributed by atoms with Gasteiger partial charge in [0.25, 0.3) is 0 Å². The Morgan fingerprint density at radius 3 is 2.61 bits per heavy atom. The van der Waals surface area contributed by atoms with E-state index in [9.17, 15) is 9.59 Å². The van der Waals surface area contributed by atoms with E-state index < -0.39 is 0 Å². The molecular formula is C19H28N2O2. The highest BCUT2D eigenvalue weighted by molar-refractivity contribution is 5.98. The van der Waals surface area contributed by atoms with Crippen LogP contribution >= 0.6 is 0 Å². The average Bonchev–Trinajstić information content (AvgIpc) is 2.57. The first-order valence-corrected chi connectivity index (χ1v) is 8.98. The van der Waals surface area contributed by atoms with Crippen LogP contribution < -0.4 is 5.32 Å². The number of rotatable bonds is 3. The van der Waals surface area contributed by atoms with Gasteiger partial charge in [0, 0.05) is 25.9 Å². The number of carbonyl (C=O) groups is 2. The molecule has 2 saturated heterocycles. The summed E-state index contributed by atoms with van der Waals surface area (Å²) in [7, 11) is 0. The van der Waals surface area contributed by atoms with Gasteiger partial charge >= 0.3 is 0 Å². The van der Waals surface area contributed by atoms with Crippen molar-refractivity contribution in [1.82, 2.24) is 10.2 Å². The topological polar surface area (TPSA) is 49.4 Å². The highest BCUT2D eigenvalue weighted by atomic mass is 16.2. The fourth-order valence-corrected chi connectivity index (χ4v) is 4.12. The minimum atomic E-state index is 0.195. The summed E-state index contributed by atoms with van der Waals surface area (Å²) in [5.41, 5.74) is 2.37. The Bertz CT molecular complexity index is 532. The second kappa shape index (κ2) is 7.00. The Balaban J connectivity index is 1.49. The third kappa shape index (κ3) is 3.74.